The molecule has 0 aliphatic carbocycles. The molecule has 0 atom stereocenters. The fraction of sp³-hybridized carbons (Fsp3) is 0.375. The van der Waals surface area contributed by atoms with Crippen LogP contribution in [0.1, 0.15) is 16.8 Å². The van der Waals surface area contributed by atoms with Crippen LogP contribution >= 0.6 is 0 Å². The molecule has 0 amide bonds. The average molecular weight is 136 g/mol. The van der Waals surface area contributed by atoms with Crippen LogP contribution in [0.3, 0.4) is 0 Å². The first-order chi connectivity index (χ1) is 4.63. The van der Waals surface area contributed by atoms with Crippen molar-refractivity contribution >= 4 is 0 Å². The van der Waals surface area contributed by atoms with Crippen LogP contribution in [0.2, 0.25) is 0 Å². The Morgan fingerprint density at radius 3 is 2.40 bits per heavy atom. The number of pyridine rings is 1. The van der Waals surface area contributed by atoms with E-state index < -0.39 is 0 Å². The van der Waals surface area contributed by atoms with Crippen molar-refractivity contribution in [1.29, 1.82) is 0 Å². The fourth-order valence-corrected chi connectivity index (χ4v) is 0.753. The maximum atomic E-state index is 9.30. The topological polar surface area (TPSA) is 33.1 Å². The van der Waals surface area contributed by atoms with Crippen LogP contribution in [0.25, 0.3) is 0 Å². The van der Waals surface area contributed by atoms with E-state index in [4.69, 9.17) is 0 Å². The van der Waals surface area contributed by atoms with Crippen LogP contribution in [-0.2, 0) is 0 Å². The Hall–Kier alpha value is -1.05. The summed E-state index contributed by atoms with van der Waals surface area (Å²) in [4.78, 5) is 3.86. The summed E-state index contributed by atoms with van der Waals surface area (Å²) >= 11 is 0. The minimum absolute atomic E-state index is 0.288. The Morgan fingerprint density at radius 1 is 1.30 bits per heavy atom. The van der Waals surface area contributed by atoms with Gasteiger partial charge in [0.1, 0.15) is 5.75 Å². The van der Waals surface area contributed by atoms with Gasteiger partial charge in [0.25, 0.3) is 0 Å². The molecule has 0 bridgehead atoms. The number of aryl methyl sites for hydroxylation is 2. The lowest BCUT2D eigenvalue weighted by molar-refractivity contribution is 0.462. The normalized spacial score (nSPS) is 9.90. The summed E-state index contributed by atoms with van der Waals surface area (Å²) in [6.45, 7) is 5.50. The van der Waals surface area contributed by atoms with Crippen molar-refractivity contribution < 1.29 is 5.11 Å². The lowest BCUT2D eigenvalue weighted by Crippen LogP contribution is -1.88. The first-order valence-electron chi connectivity index (χ1n) is 3.17. The van der Waals surface area contributed by atoms with E-state index in [0.717, 1.165) is 11.1 Å². The molecule has 53 valence electrons. The molecule has 1 N–H and O–H groups in total. The number of aromatic hydroxyl groups is 1. The zero-order chi connectivity index (χ0) is 7.72. The molecule has 1 radical (unpaired) electrons. The summed E-state index contributed by atoms with van der Waals surface area (Å²) in [6.07, 6.45) is 2.80. The molecule has 0 unspecified atom stereocenters. The standard InChI is InChI=1S/C8H10NO/c1-5-4-9-7(3)8(10)6(5)2/h10H,1-3H3. The Kier molecular flexibility index (Phi) is 1.62. The highest BCUT2D eigenvalue weighted by Crippen LogP contribution is 2.20. The van der Waals surface area contributed by atoms with Crippen molar-refractivity contribution in [3.8, 4) is 5.75 Å². The minimum atomic E-state index is 0.288. The summed E-state index contributed by atoms with van der Waals surface area (Å²) in [5.74, 6) is 0.288. The molecule has 1 rings (SSSR count). The summed E-state index contributed by atoms with van der Waals surface area (Å²) in [5, 5.41) is 9.30. The molecule has 2 nitrogen and oxygen atoms in total. The highest BCUT2D eigenvalue weighted by Gasteiger charge is 2.02. The van der Waals surface area contributed by atoms with E-state index in [9.17, 15) is 5.11 Å². The van der Waals surface area contributed by atoms with E-state index in [2.05, 4.69) is 11.2 Å². The molecule has 2 heteroatoms. The third-order valence-electron chi connectivity index (χ3n) is 1.65. The van der Waals surface area contributed by atoms with Crippen LogP contribution in [0.4, 0.5) is 0 Å². The minimum Gasteiger partial charge on any atom is -0.506 e. The van der Waals surface area contributed by atoms with Crippen LogP contribution < -0.4 is 0 Å². The van der Waals surface area contributed by atoms with Gasteiger partial charge in [-0.25, -0.2) is 4.98 Å². The summed E-state index contributed by atoms with van der Waals surface area (Å²) in [5.41, 5.74) is 2.42. The van der Waals surface area contributed by atoms with Gasteiger partial charge < -0.3 is 5.11 Å². The summed E-state index contributed by atoms with van der Waals surface area (Å²) in [7, 11) is 0. The largest absolute Gasteiger partial charge is 0.506 e. The summed E-state index contributed by atoms with van der Waals surface area (Å²) < 4.78 is 0. The molecule has 10 heavy (non-hydrogen) atoms. The SMILES string of the molecule is Cc1[c]nc(C)c(O)c1C. The maximum absolute atomic E-state index is 9.30. The van der Waals surface area contributed by atoms with E-state index in [0.29, 0.717) is 5.69 Å². The predicted octanol–water partition coefficient (Wildman–Crippen LogP) is 1.51. The average Bonchev–Trinajstić information content (AvgIpc) is 1.93. The molecule has 0 aliphatic heterocycles. The van der Waals surface area contributed by atoms with Crippen molar-refractivity contribution in [3.63, 3.8) is 0 Å². The van der Waals surface area contributed by atoms with Crippen LogP contribution in [0, 0.1) is 27.0 Å². The van der Waals surface area contributed by atoms with Gasteiger partial charge >= 0.3 is 0 Å². The van der Waals surface area contributed by atoms with E-state index in [1.807, 2.05) is 13.8 Å². The second-order valence-corrected chi connectivity index (χ2v) is 2.41. The third-order valence-corrected chi connectivity index (χ3v) is 1.65. The third kappa shape index (κ3) is 0.967. The van der Waals surface area contributed by atoms with Gasteiger partial charge in [-0.2, -0.15) is 0 Å². The Morgan fingerprint density at radius 2 is 1.90 bits per heavy atom. The maximum Gasteiger partial charge on any atom is 0.139 e. The van der Waals surface area contributed by atoms with Gasteiger partial charge in [-0.05, 0) is 31.9 Å². The smallest absolute Gasteiger partial charge is 0.139 e. The van der Waals surface area contributed by atoms with Gasteiger partial charge in [-0.15, -0.1) is 0 Å². The van der Waals surface area contributed by atoms with Crippen molar-refractivity contribution in [3.05, 3.63) is 23.0 Å². The van der Waals surface area contributed by atoms with Gasteiger partial charge in [-0.1, -0.05) is 0 Å². The monoisotopic (exact) mass is 136 g/mol. The van der Waals surface area contributed by atoms with E-state index >= 15 is 0 Å². The molecule has 1 aromatic rings. The van der Waals surface area contributed by atoms with Crippen molar-refractivity contribution in [1.82, 2.24) is 4.98 Å². The van der Waals surface area contributed by atoms with E-state index in [1.165, 1.54) is 0 Å². The number of nitrogens with zero attached hydrogens (tertiary/aromatic N) is 1. The van der Waals surface area contributed by atoms with Crippen LogP contribution in [0.15, 0.2) is 0 Å². The highest BCUT2D eigenvalue weighted by molar-refractivity contribution is 5.38. The molecule has 1 aromatic heterocycles. The van der Waals surface area contributed by atoms with Crippen LogP contribution in [0.5, 0.6) is 5.75 Å². The number of hydrogen-bond donors (Lipinski definition) is 1. The van der Waals surface area contributed by atoms with Crippen LogP contribution in [-0.4, -0.2) is 10.1 Å². The molecule has 0 saturated heterocycles. The lowest BCUT2D eigenvalue weighted by atomic mass is 10.1. The Bertz CT molecular complexity index is 229. The molecular weight excluding hydrogens is 126 g/mol. The number of rotatable bonds is 0. The molecule has 0 spiro atoms. The van der Waals surface area contributed by atoms with Gasteiger partial charge in [0.2, 0.25) is 0 Å². The molecule has 1 heterocycles. The molecular formula is C8H10NO. The zero-order valence-corrected chi connectivity index (χ0v) is 6.39. The highest BCUT2D eigenvalue weighted by atomic mass is 16.3. The second kappa shape index (κ2) is 2.29. The second-order valence-electron chi connectivity index (χ2n) is 2.41. The lowest BCUT2D eigenvalue weighted by Gasteiger charge is -2.02. The van der Waals surface area contributed by atoms with Crippen molar-refractivity contribution in [2.45, 2.75) is 20.8 Å². The van der Waals surface area contributed by atoms with Crippen molar-refractivity contribution in [2.75, 3.05) is 0 Å². The number of aromatic nitrogens is 1. The molecule has 0 fully saturated rings. The van der Waals surface area contributed by atoms with Crippen molar-refractivity contribution in [2.24, 2.45) is 0 Å². The van der Waals surface area contributed by atoms with Gasteiger partial charge in [-0.3, -0.25) is 0 Å². The number of hydrogen-bond acceptors (Lipinski definition) is 2. The van der Waals surface area contributed by atoms with Gasteiger partial charge in [0.05, 0.1) is 11.9 Å². The zero-order valence-electron chi connectivity index (χ0n) is 6.39. The van der Waals surface area contributed by atoms with Gasteiger partial charge in [0, 0.05) is 0 Å². The first-order valence-corrected chi connectivity index (χ1v) is 3.17. The Balaban J connectivity index is 3.34. The van der Waals surface area contributed by atoms with Gasteiger partial charge in [0.15, 0.2) is 0 Å². The quantitative estimate of drug-likeness (QED) is 0.586. The molecule has 0 saturated carbocycles. The predicted molar refractivity (Wildman–Crippen MR) is 38.9 cm³/mol. The van der Waals surface area contributed by atoms with E-state index in [1.54, 1.807) is 6.92 Å². The molecule has 0 aliphatic rings. The first kappa shape index (κ1) is 7.06. The molecule has 0 aromatic carbocycles. The fourth-order valence-electron chi connectivity index (χ4n) is 0.753. The summed E-state index contributed by atoms with van der Waals surface area (Å²) in [6, 6.07) is 0. The Labute approximate surface area is 60.5 Å². The van der Waals surface area contributed by atoms with E-state index in [-0.39, 0.29) is 5.75 Å².